The molecule has 0 aliphatic carbocycles. The van der Waals surface area contributed by atoms with E-state index >= 15 is 0 Å². The van der Waals surface area contributed by atoms with E-state index in [2.05, 4.69) is 10.6 Å². The van der Waals surface area contributed by atoms with Crippen molar-refractivity contribution in [2.45, 2.75) is 84.5 Å². The number of rotatable bonds is 12. The van der Waals surface area contributed by atoms with Crippen LogP contribution in [0, 0.1) is 6.92 Å². The molecular weight excluding hydrogens is 498 g/mol. The van der Waals surface area contributed by atoms with Gasteiger partial charge in [-0.1, -0.05) is 49.7 Å². The highest BCUT2D eigenvalue weighted by Gasteiger charge is 2.37. The second-order valence-corrected chi connectivity index (χ2v) is 10.8. The number of aliphatic hydroxyl groups excluding tert-OH is 1. The summed E-state index contributed by atoms with van der Waals surface area (Å²) in [5.41, 5.74) is 1.33. The molecule has 214 valence electrons. The first kappa shape index (κ1) is 31.6. The van der Waals surface area contributed by atoms with Gasteiger partial charge in [-0.25, -0.2) is 4.79 Å². The minimum Gasteiger partial charge on any atom is -0.508 e. The number of carbonyl (C=O) groups excluding carboxylic acids is 3. The number of phenolic OH excluding ortho intramolecular Hbond substituents is 1. The van der Waals surface area contributed by atoms with E-state index in [4.69, 9.17) is 4.74 Å². The zero-order valence-electron chi connectivity index (χ0n) is 23.9. The van der Waals surface area contributed by atoms with Gasteiger partial charge in [0.05, 0.1) is 6.61 Å². The average Bonchev–Trinajstić information content (AvgIpc) is 2.84. The maximum atomic E-state index is 14.2. The number of ether oxygens (including phenoxy) is 1. The molecule has 0 aromatic heterocycles. The van der Waals surface area contributed by atoms with Crippen molar-refractivity contribution >= 4 is 17.9 Å². The summed E-state index contributed by atoms with van der Waals surface area (Å²) in [6.45, 7) is 10.4. The van der Waals surface area contributed by atoms with E-state index in [9.17, 15) is 24.6 Å². The van der Waals surface area contributed by atoms with Gasteiger partial charge in [0.25, 0.3) is 0 Å². The van der Waals surface area contributed by atoms with Gasteiger partial charge < -0.3 is 30.5 Å². The monoisotopic (exact) mass is 541 g/mol. The molecule has 2 aromatic rings. The molecule has 4 N–H and O–H groups in total. The number of aromatic hydroxyl groups is 1. The van der Waals surface area contributed by atoms with E-state index in [1.807, 2.05) is 32.9 Å². The lowest BCUT2D eigenvalue weighted by atomic mass is 9.96. The summed E-state index contributed by atoms with van der Waals surface area (Å²) in [4.78, 5) is 42.0. The molecular formula is C30H43N3O6. The topological polar surface area (TPSA) is 128 Å². The summed E-state index contributed by atoms with van der Waals surface area (Å²) in [6.07, 6.45) is 0.944. The van der Waals surface area contributed by atoms with E-state index in [1.54, 1.807) is 45.0 Å². The molecule has 0 heterocycles. The fraction of sp³-hybridized carbons (Fsp3) is 0.500. The van der Waals surface area contributed by atoms with Crippen LogP contribution in [-0.2, 0) is 20.7 Å². The number of carbonyl (C=O) groups is 3. The molecule has 9 heteroatoms. The van der Waals surface area contributed by atoms with Crippen LogP contribution in [0.3, 0.4) is 0 Å². The molecule has 39 heavy (non-hydrogen) atoms. The highest BCUT2D eigenvalue weighted by molar-refractivity contribution is 5.92. The molecule has 0 radical (unpaired) electrons. The second kappa shape index (κ2) is 14.5. The summed E-state index contributed by atoms with van der Waals surface area (Å²) >= 11 is 0. The van der Waals surface area contributed by atoms with Crippen LogP contribution in [0.15, 0.2) is 48.5 Å². The molecule has 0 saturated carbocycles. The van der Waals surface area contributed by atoms with Crippen molar-refractivity contribution in [1.82, 2.24) is 15.5 Å². The Morgan fingerprint density at radius 1 is 1.03 bits per heavy atom. The first-order chi connectivity index (χ1) is 18.4. The van der Waals surface area contributed by atoms with Gasteiger partial charge in [0.15, 0.2) is 0 Å². The van der Waals surface area contributed by atoms with Crippen LogP contribution in [0.2, 0.25) is 0 Å². The van der Waals surface area contributed by atoms with Gasteiger partial charge in [-0.15, -0.1) is 0 Å². The SMILES string of the molecule is CCCC(C)NC(=O)C(c1ccccc1C)N(CCO)C(=O)C(Cc1ccc(O)cc1)NC(=O)OC(C)(C)C. The normalized spacial score (nSPS) is 13.6. The van der Waals surface area contributed by atoms with Crippen molar-refractivity contribution in [2.24, 2.45) is 0 Å². The number of nitrogens with one attached hydrogen (secondary N) is 2. The lowest BCUT2D eigenvalue weighted by molar-refractivity contribution is -0.143. The van der Waals surface area contributed by atoms with Crippen LogP contribution in [0.1, 0.15) is 70.2 Å². The Hall–Kier alpha value is -3.59. The van der Waals surface area contributed by atoms with Gasteiger partial charge in [0.1, 0.15) is 23.4 Å². The fourth-order valence-corrected chi connectivity index (χ4v) is 4.36. The third-order valence-electron chi connectivity index (χ3n) is 6.14. The minimum atomic E-state index is -1.11. The number of alkyl carbamates (subject to hydrolysis) is 1. The van der Waals surface area contributed by atoms with Crippen molar-refractivity contribution in [3.63, 3.8) is 0 Å². The summed E-state index contributed by atoms with van der Waals surface area (Å²) in [5.74, 6) is -0.844. The lowest BCUT2D eigenvalue weighted by Crippen LogP contribution is -2.55. The highest BCUT2D eigenvalue weighted by Crippen LogP contribution is 2.26. The van der Waals surface area contributed by atoms with Crippen LogP contribution in [-0.4, -0.2) is 63.9 Å². The summed E-state index contributed by atoms with van der Waals surface area (Å²) in [7, 11) is 0. The molecule has 0 saturated heterocycles. The Balaban J connectivity index is 2.53. The van der Waals surface area contributed by atoms with E-state index in [0.717, 1.165) is 18.4 Å². The van der Waals surface area contributed by atoms with Crippen molar-refractivity contribution in [1.29, 1.82) is 0 Å². The van der Waals surface area contributed by atoms with Gasteiger partial charge in [0.2, 0.25) is 11.8 Å². The molecule has 0 aliphatic heterocycles. The Morgan fingerprint density at radius 3 is 2.23 bits per heavy atom. The second-order valence-electron chi connectivity index (χ2n) is 10.8. The first-order valence-corrected chi connectivity index (χ1v) is 13.4. The quantitative estimate of drug-likeness (QED) is 0.322. The van der Waals surface area contributed by atoms with Crippen molar-refractivity contribution in [3.05, 3.63) is 65.2 Å². The predicted octanol–water partition coefficient (Wildman–Crippen LogP) is 4.00. The number of phenols is 1. The van der Waals surface area contributed by atoms with Gasteiger partial charge in [0, 0.05) is 19.0 Å². The highest BCUT2D eigenvalue weighted by atomic mass is 16.6. The number of benzene rings is 2. The van der Waals surface area contributed by atoms with Gasteiger partial charge in [-0.05, 0) is 69.9 Å². The molecule has 2 aromatic carbocycles. The number of aryl methyl sites for hydroxylation is 1. The van der Waals surface area contributed by atoms with Gasteiger partial charge >= 0.3 is 6.09 Å². The number of hydrogen-bond acceptors (Lipinski definition) is 6. The molecule has 0 bridgehead atoms. The van der Waals surface area contributed by atoms with Crippen LogP contribution >= 0.6 is 0 Å². The fourth-order valence-electron chi connectivity index (χ4n) is 4.36. The summed E-state index contributed by atoms with van der Waals surface area (Å²) in [6, 6.07) is 11.3. The smallest absolute Gasteiger partial charge is 0.408 e. The largest absolute Gasteiger partial charge is 0.508 e. The van der Waals surface area contributed by atoms with Gasteiger partial charge in [-0.3, -0.25) is 9.59 Å². The molecule has 3 unspecified atom stereocenters. The Bertz CT molecular complexity index is 1100. The van der Waals surface area contributed by atoms with E-state index in [1.165, 1.54) is 17.0 Å². The first-order valence-electron chi connectivity index (χ1n) is 13.4. The summed E-state index contributed by atoms with van der Waals surface area (Å²) in [5, 5.41) is 25.3. The van der Waals surface area contributed by atoms with E-state index < -0.39 is 29.7 Å². The van der Waals surface area contributed by atoms with Gasteiger partial charge in [-0.2, -0.15) is 0 Å². The van der Waals surface area contributed by atoms with E-state index in [-0.39, 0.29) is 37.3 Å². The maximum absolute atomic E-state index is 14.2. The Kier molecular flexibility index (Phi) is 11.8. The van der Waals surface area contributed by atoms with Crippen LogP contribution in [0.5, 0.6) is 5.75 Å². The van der Waals surface area contributed by atoms with E-state index in [0.29, 0.717) is 11.1 Å². The Labute approximate surface area is 231 Å². The lowest BCUT2D eigenvalue weighted by Gasteiger charge is -2.35. The zero-order valence-corrected chi connectivity index (χ0v) is 23.9. The zero-order chi connectivity index (χ0) is 29.2. The third kappa shape index (κ3) is 9.90. The molecule has 3 atom stereocenters. The number of amides is 3. The average molecular weight is 542 g/mol. The molecule has 3 amide bonds. The van der Waals surface area contributed by atoms with Crippen LogP contribution in [0.25, 0.3) is 0 Å². The summed E-state index contributed by atoms with van der Waals surface area (Å²) < 4.78 is 5.42. The van der Waals surface area contributed by atoms with Crippen LogP contribution in [0.4, 0.5) is 4.79 Å². The Morgan fingerprint density at radius 2 is 1.67 bits per heavy atom. The molecule has 2 rings (SSSR count). The standard InChI is InChI=1S/C30H43N3O6/c1-7-10-21(3)31-27(36)26(24-12-9-8-11-20(24)2)33(17-18-34)28(37)25(32-29(38)39-30(4,5)6)19-22-13-15-23(35)16-14-22/h8-9,11-16,21,25-26,34-35H,7,10,17-19H2,1-6H3,(H,31,36)(H,32,38). The third-order valence-corrected chi connectivity index (χ3v) is 6.14. The predicted molar refractivity (Wildman–Crippen MR) is 150 cm³/mol. The van der Waals surface area contributed by atoms with Crippen molar-refractivity contribution in [2.75, 3.05) is 13.2 Å². The van der Waals surface area contributed by atoms with Crippen LogP contribution < -0.4 is 10.6 Å². The maximum Gasteiger partial charge on any atom is 0.408 e. The minimum absolute atomic E-state index is 0.0705. The molecule has 0 spiro atoms. The molecule has 0 fully saturated rings. The molecule has 0 aliphatic rings. The van der Waals surface area contributed by atoms with Crippen molar-refractivity contribution < 1.29 is 29.3 Å². The molecule has 9 nitrogen and oxygen atoms in total. The number of nitrogens with zero attached hydrogens (tertiary/aromatic N) is 1. The number of aliphatic hydroxyl groups is 1. The number of hydrogen-bond donors (Lipinski definition) is 4. The van der Waals surface area contributed by atoms with Crippen molar-refractivity contribution in [3.8, 4) is 5.75 Å².